The van der Waals surface area contributed by atoms with Gasteiger partial charge in [0, 0.05) is 34.6 Å². The molecule has 7 nitrogen and oxygen atoms in total. The molecule has 3 aromatic heterocycles. The maximum atomic E-state index is 15.2. The zero-order valence-corrected chi connectivity index (χ0v) is 17.8. The number of phenolic OH excluding ortho intramolecular Hbond substituents is 1. The third-order valence-electron chi connectivity index (χ3n) is 5.65. The maximum Gasteiger partial charge on any atom is 0.170 e. The van der Waals surface area contributed by atoms with E-state index in [4.69, 9.17) is 10.2 Å². The minimum Gasteiger partial charge on any atom is -0.505 e. The first-order valence-electron chi connectivity index (χ1n) is 10.5. The second-order valence-corrected chi connectivity index (χ2v) is 7.76. The lowest BCUT2D eigenvalue weighted by Gasteiger charge is -2.21. The zero-order valence-electron chi connectivity index (χ0n) is 17.8. The number of halogens is 1. The molecule has 0 saturated carbocycles. The Labute approximate surface area is 189 Å². The van der Waals surface area contributed by atoms with Crippen molar-refractivity contribution in [2.75, 3.05) is 11.1 Å². The summed E-state index contributed by atoms with van der Waals surface area (Å²) in [5.41, 5.74) is 9.28. The second kappa shape index (κ2) is 8.31. The standard InChI is InChI=1S/C25H22FN5O2/c1-2-14-9-19(22(26)21(32)10-14)23(25-29-12-20(31-25)16-6-8-33-13-16)30-17-3-4-18-15(11-17)5-7-28-24(18)27/h3-13,23,30,32H,2H2,1H3,(H2,27,28)(H,29,31). The number of aromatic nitrogens is 3. The van der Waals surface area contributed by atoms with Gasteiger partial charge in [-0.25, -0.2) is 14.4 Å². The molecular formula is C25H22FN5O2. The summed E-state index contributed by atoms with van der Waals surface area (Å²) >= 11 is 0. The van der Waals surface area contributed by atoms with Crippen LogP contribution in [0.25, 0.3) is 22.0 Å². The Kier molecular flexibility index (Phi) is 5.18. The van der Waals surface area contributed by atoms with Gasteiger partial charge in [-0.2, -0.15) is 0 Å². The van der Waals surface area contributed by atoms with E-state index in [0.29, 0.717) is 23.8 Å². The number of hydrogen-bond acceptors (Lipinski definition) is 6. The summed E-state index contributed by atoms with van der Waals surface area (Å²) in [6, 6.07) is 11.8. The molecule has 8 heteroatoms. The summed E-state index contributed by atoms with van der Waals surface area (Å²) in [4.78, 5) is 11.9. The van der Waals surface area contributed by atoms with E-state index < -0.39 is 17.6 Å². The number of fused-ring (bicyclic) bond motifs is 1. The molecule has 33 heavy (non-hydrogen) atoms. The van der Waals surface area contributed by atoms with Gasteiger partial charge in [-0.1, -0.05) is 13.0 Å². The average Bonchev–Trinajstić information content (AvgIpc) is 3.52. The fourth-order valence-corrected chi connectivity index (χ4v) is 3.90. The van der Waals surface area contributed by atoms with Crippen LogP contribution in [0.4, 0.5) is 15.9 Å². The van der Waals surface area contributed by atoms with E-state index in [1.807, 2.05) is 31.2 Å². The number of furan rings is 1. The molecule has 5 aromatic rings. The molecule has 5 rings (SSSR count). The monoisotopic (exact) mass is 443 g/mol. The normalized spacial score (nSPS) is 12.2. The Bertz CT molecular complexity index is 1430. The number of nitrogens with zero attached hydrogens (tertiary/aromatic N) is 2. The van der Waals surface area contributed by atoms with Gasteiger partial charge in [0.2, 0.25) is 0 Å². The molecule has 0 bridgehead atoms. The number of nitrogens with two attached hydrogens (primary N) is 1. The highest BCUT2D eigenvalue weighted by atomic mass is 19.1. The molecule has 0 aliphatic carbocycles. The number of aryl methyl sites for hydroxylation is 1. The first kappa shape index (κ1) is 20.6. The molecular weight excluding hydrogens is 421 g/mol. The molecule has 1 atom stereocenters. The summed E-state index contributed by atoms with van der Waals surface area (Å²) in [6.07, 6.45) is 7.19. The number of benzene rings is 2. The van der Waals surface area contributed by atoms with Crippen LogP contribution in [0.2, 0.25) is 0 Å². The van der Waals surface area contributed by atoms with Gasteiger partial charge in [0.05, 0.1) is 18.2 Å². The third kappa shape index (κ3) is 3.87. The molecule has 0 fully saturated rings. The lowest BCUT2D eigenvalue weighted by atomic mass is 10.00. The van der Waals surface area contributed by atoms with Crippen LogP contribution in [0.15, 0.2) is 71.8 Å². The summed E-state index contributed by atoms with van der Waals surface area (Å²) in [7, 11) is 0. The molecule has 0 spiro atoms. The lowest BCUT2D eigenvalue weighted by Crippen LogP contribution is -2.16. The fourth-order valence-electron chi connectivity index (χ4n) is 3.90. The fraction of sp³-hybridized carbons (Fsp3) is 0.120. The number of phenols is 1. The highest BCUT2D eigenvalue weighted by molar-refractivity contribution is 5.92. The van der Waals surface area contributed by atoms with E-state index in [1.54, 1.807) is 37.1 Å². The van der Waals surface area contributed by atoms with Gasteiger partial charge in [0.25, 0.3) is 0 Å². The second-order valence-electron chi connectivity index (χ2n) is 7.76. The molecule has 0 radical (unpaired) electrons. The summed E-state index contributed by atoms with van der Waals surface area (Å²) in [5, 5.41) is 15.3. The summed E-state index contributed by atoms with van der Waals surface area (Å²) in [5.74, 6) is -0.152. The van der Waals surface area contributed by atoms with Gasteiger partial charge in [-0.05, 0) is 53.8 Å². The number of nitrogens with one attached hydrogen (secondary N) is 2. The van der Waals surface area contributed by atoms with Crippen LogP contribution in [0, 0.1) is 5.82 Å². The Morgan fingerprint density at radius 3 is 2.88 bits per heavy atom. The number of hydrogen-bond donors (Lipinski definition) is 4. The predicted molar refractivity (Wildman–Crippen MR) is 125 cm³/mol. The summed E-state index contributed by atoms with van der Waals surface area (Å²) < 4.78 is 20.3. The third-order valence-corrected chi connectivity index (χ3v) is 5.65. The minimum absolute atomic E-state index is 0.286. The minimum atomic E-state index is -0.695. The smallest absolute Gasteiger partial charge is 0.170 e. The SMILES string of the molecule is CCc1cc(O)c(F)c(C(Nc2ccc3c(N)nccc3c2)c2nc(-c3ccoc3)c[nH]2)c1. The number of rotatable bonds is 6. The molecule has 2 aromatic carbocycles. The number of aromatic hydroxyl groups is 1. The first-order chi connectivity index (χ1) is 16.0. The number of anilines is 2. The van der Waals surface area contributed by atoms with Crippen molar-refractivity contribution in [3.8, 4) is 17.0 Å². The molecule has 1 unspecified atom stereocenters. The van der Waals surface area contributed by atoms with Gasteiger partial charge in [-0.15, -0.1) is 0 Å². The van der Waals surface area contributed by atoms with Crippen LogP contribution in [-0.2, 0) is 6.42 Å². The van der Waals surface area contributed by atoms with E-state index in [0.717, 1.165) is 27.6 Å². The number of pyridine rings is 1. The van der Waals surface area contributed by atoms with Crippen molar-refractivity contribution in [2.45, 2.75) is 19.4 Å². The van der Waals surface area contributed by atoms with Crippen molar-refractivity contribution in [2.24, 2.45) is 0 Å². The molecule has 0 aliphatic rings. The molecule has 0 amide bonds. The van der Waals surface area contributed by atoms with Crippen molar-refractivity contribution in [1.82, 2.24) is 15.0 Å². The Balaban J connectivity index is 1.61. The molecule has 0 saturated heterocycles. The number of aromatic amines is 1. The lowest BCUT2D eigenvalue weighted by molar-refractivity contribution is 0.426. The van der Waals surface area contributed by atoms with Crippen LogP contribution >= 0.6 is 0 Å². The van der Waals surface area contributed by atoms with Gasteiger partial charge >= 0.3 is 0 Å². The van der Waals surface area contributed by atoms with Gasteiger partial charge in [-0.3, -0.25) is 0 Å². The summed E-state index contributed by atoms with van der Waals surface area (Å²) in [6.45, 7) is 1.95. The van der Waals surface area contributed by atoms with E-state index in [-0.39, 0.29) is 5.56 Å². The first-order valence-corrected chi connectivity index (χ1v) is 10.5. The predicted octanol–water partition coefficient (Wildman–Crippen LogP) is 5.41. The van der Waals surface area contributed by atoms with E-state index in [9.17, 15) is 5.11 Å². The topological polar surface area (TPSA) is 113 Å². The maximum absolute atomic E-state index is 15.2. The zero-order chi connectivity index (χ0) is 22.9. The van der Waals surface area contributed by atoms with Crippen LogP contribution in [0.3, 0.4) is 0 Å². The van der Waals surface area contributed by atoms with Crippen LogP contribution in [0.1, 0.15) is 29.9 Å². The van der Waals surface area contributed by atoms with Crippen LogP contribution in [0.5, 0.6) is 5.75 Å². The molecule has 166 valence electrons. The average molecular weight is 443 g/mol. The van der Waals surface area contributed by atoms with E-state index >= 15 is 4.39 Å². The molecule has 0 aliphatic heterocycles. The Morgan fingerprint density at radius 1 is 1.21 bits per heavy atom. The molecule has 3 heterocycles. The Hall–Kier alpha value is -4.33. The van der Waals surface area contributed by atoms with Crippen LogP contribution in [-0.4, -0.2) is 20.1 Å². The number of H-pyrrole nitrogens is 1. The highest BCUT2D eigenvalue weighted by Gasteiger charge is 2.24. The van der Waals surface area contributed by atoms with Crippen LogP contribution < -0.4 is 11.1 Å². The van der Waals surface area contributed by atoms with Crippen molar-refractivity contribution in [1.29, 1.82) is 0 Å². The molecule has 5 N–H and O–H groups in total. The Morgan fingerprint density at radius 2 is 2.09 bits per heavy atom. The number of imidazole rings is 1. The van der Waals surface area contributed by atoms with Gasteiger partial charge in [0.1, 0.15) is 17.7 Å². The van der Waals surface area contributed by atoms with Gasteiger partial charge in [0.15, 0.2) is 11.6 Å². The van der Waals surface area contributed by atoms with E-state index in [2.05, 4.69) is 20.3 Å². The number of nitrogen functional groups attached to an aromatic ring is 1. The van der Waals surface area contributed by atoms with Crippen molar-refractivity contribution >= 4 is 22.3 Å². The van der Waals surface area contributed by atoms with E-state index in [1.165, 1.54) is 6.07 Å². The van der Waals surface area contributed by atoms with Gasteiger partial charge < -0.3 is 25.6 Å². The highest BCUT2D eigenvalue weighted by Crippen LogP contribution is 2.34. The van der Waals surface area contributed by atoms with Crippen molar-refractivity contribution in [3.05, 3.63) is 90.2 Å². The van der Waals surface area contributed by atoms with Crippen molar-refractivity contribution in [3.63, 3.8) is 0 Å². The quantitative estimate of drug-likeness (QED) is 0.279. The van der Waals surface area contributed by atoms with Crippen molar-refractivity contribution < 1.29 is 13.9 Å². The largest absolute Gasteiger partial charge is 0.505 e.